The summed E-state index contributed by atoms with van der Waals surface area (Å²) in [5.41, 5.74) is 0.678. The monoisotopic (exact) mass is 426 g/mol. The largest absolute Gasteiger partial charge is 0.508 e. The fourth-order valence-electron chi connectivity index (χ4n) is 5.03. The summed E-state index contributed by atoms with van der Waals surface area (Å²) in [5, 5.41) is 16.2. The van der Waals surface area contributed by atoms with E-state index in [-0.39, 0.29) is 29.2 Å². The lowest BCUT2D eigenvalue weighted by Crippen LogP contribution is -2.73. The minimum absolute atomic E-state index is 0.0542. The van der Waals surface area contributed by atoms with Crippen molar-refractivity contribution in [3.8, 4) is 5.75 Å². The van der Waals surface area contributed by atoms with Crippen LogP contribution >= 0.6 is 0 Å². The van der Waals surface area contributed by atoms with Crippen molar-refractivity contribution in [2.24, 2.45) is 10.8 Å². The summed E-state index contributed by atoms with van der Waals surface area (Å²) in [7, 11) is 0. The fraction of sp³-hybridized carbons (Fsp3) is 0.458. The molecule has 2 saturated heterocycles. The number of benzene rings is 2. The SMILES string of the molecule is CC(C)(C)C12OOC1(c1ccc(CNC(=O)Nc3ccccc3)c(O)c1)OCC2(C)C. The van der Waals surface area contributed by atoms with Gasteiger partial charge in [0.2, 0.25) is 0 Å². The quantitative estimate of drug-likeness (QED) is 0.618. The number of hydrogen-bond acceptors (Lipinski definition) is 5. The van der Waals surface area contributed by atoms with Crippen molar-refractivity contribution >= 4 is 11.7 Å². The number of phenols is 1. The van der Waals surface area contributed by atoms with Gasteiger partial charge >= 0.3 is 6.03 Å². The molecule has 2 heterocycles. The lowest BCUT2D eigenvalue weighted by molar-refractivity contribution is -0.626. The molecule has 0 spiro atoms. The van der Waals surface area contributed by atoms with Gasteiger partial charge in [-0.25, -0.2) is 9.68 Å². The molecule has 2 fully saturated rings. The first-order chi connectivity index (χ1) is 14.5. The van der Waals surface area contributed by atoms with Crippen LogP contribution in [0.3, 0.4) is 0 Å². The highest BCUT2D eigenvalue weighted by atomic mass is 17.3. The first-order valence-corrected chi connectivity index (χ1v) is 10.5. The molecule has 0 aliphatic carbocycles. The number of hydrogen-bond donors (Lipinski definition) is 3. The van der Waals surface area contributed by atoms with Crippen molar-refractivity contribution in [2.75, 3.05) is 11.9 Å². The average molecular weight is 427 g/mol. The van der Waals surface area contributed by atoms with Crippen LogP contribution in [0.5, 0.6) is 5.75 Å². The number of urea groups is 1. The predicted octanol–water partition coefficient (Wildman–Crippen LogP) is 4.67. The molecule has 2 aromatic rings. The van der Waals surface area contributed by atoms with E-state index in [9.17, 15) is 9.90 Å². The van der Waals surface area contributed by atoms with E-state index in [0.717, 1.165) is 0 Å². The summed E-state index contributed by atoms with van der Waals surface area (Å²) in [4.78, 5) is 23.6. The molecule has 31 heavy (non-hydrogen) atoms. The molecule has 166 valence electrons. The van der Waals surface area contributed by atoms with Gasteiger partial charge in [0.25, 0.3) is 5.79 Å². The molecular weight excluding hydrogens is 396 g/mol. The van der Waals surface area contributed by atoms with E-state index >= 15 is 0 Å². The molecule has 7 heteroatoms. The lowest BCUT2D eigenvalue weighted by Gasteiger charge is -2.61. The van der Waals surface area contributed by atoms with Gasteiger partial charge in [-0.1, -0.05) is 65.0 Å². The number of para-hydroxylation sites is 1. The molecule has 0 aromatic heterocycles. The number of carbonyl (C=O) groups is 1. The summed E-state index contributed by atoms with van der Waals surface area (Å²) in [6, 6.07) is 14.1. The van der Waals surface area contributed by atoms with Crippen LogP contribution in [-0.4, -0.2) is 23.3 Å². The maximum atomic E-state index is 12.1. The third-order valence-electron chi connectivity index (χ3n) is 6.33. The van der Waals surface area contributed by atoms with Gasteiger partial charge in [-0.05, 0) is 18.2 Å². The predicted molar refractivity (Wildman–Crippen MR) is 116 cm³/mol. The number of nitrogens with one attached hydrogen (secondary N) is 2. The lowest BCUT2D eigenvalue weighted by atomic mass is 9.57. The minimum atomic E-state index is -1.09. The van der Waals surface area contributed by atoms with Crippen molar-refractivity contribution in [1.82, 2.24) is 5.32 Å². The fourth-order valence-corrected chi connectivity index (χ4v) is 5.03. The Kier molecular flexibility index (Phi) is 5.04. The number of rotatable bonds is 4. The molecule has 0 radical (unpaired) electrons. The highest BCUT2D eigenvalue weighted by Gasteiger charge is 2.81. The molecule has 7 nitrogen and oxygen atoms in total. The van der Waals surface area contributed by atoms with E-state index in [1.807, 2.05) is 24.3 Å². The summed E-state index contributed by atoms with van der Waals surface area (Å²) in [6.45, 7) is 11.1. The number of fused-ring (bicyclic) bond motifs is 1. The van der Waals surface area contributed by atoms with Crippen LogP contribution in [0, 0.1) is 10.8 Å². The van der Waals surface area contributed by atoms with Crippen molar-refractivity contribution in [3.05, 3.63) is 59.7 Å². The molecule has 2 aliphatic heterocycles. The first-order valence-electron chi connectivity index (χ1n) is 10.5. The second-order valence-electron chi connectivity index (χ2n) is 9.90. The van der Waals surface area contributed by atoms with Crippen LogP contribution in [0.4, 0.5) is 10.5 Å². The van der Waals surface area contributed by atoms with Crippen LogP contribution in [-0.2, 0) is 26.8 Å². The van der Waals surface area contributed by atoms with Gasteiger partial charge in [-0.15, -0.1) is 0 Å². The van der Waals surface area contributed by atoms with Crippen LogP contribution in [0.1, 0.15) is 45.7 Å². The Morgan fingerprint density at radius 1 is 1.10 bits per heavy atom. The number of anilines is 1. The van der Waals surface area contributed by atoms with Gasteiger partial charge in [0.15, 0.2) is 5.60 Å². The second kappa shape index (κ2) is 7.22. The average Bonchev–Trinajstić information content (AvgIpc) is 2.83. The molecule has 0 saturated carbocycles. The normalized spacial score (nSPS) is 26.6. The summed E-state index contributed by atoms with van der Waals surface area (Å²) >= 11 is 0. The zero-order valence-electron chi connectivity index (χ0n) is 18.6. The molecule has 2 amide bonds. The number of aromatic hydroxyl groups is 1. The van der Waals surface area contributed by atoms with Crippen molar-refractivity contribution in [3.63, 3.8) is 0 Å². The zero-order valence-corrected chi connectivity index (χ0v) is 18.6. The Bertz CT molecular complexity index is 985. The standard InChI is InChI=1S/C24H30N2O5/c1-21(2,3)24-22(4,5)15-29-23(24,30-31-24)17-12-11-16(19(27)13-17)14-25-20(28)26-18-9-7-6-8-10-18/h6-13,27H,14-15H2,1-5H3,(H2,25,26,28). The van der Waals surface area contributed by atoms with E-state index in [1.54, 1.807) is 24.3 Å². The molecule has 3 N–H and O–H groups in total. The van der Waals surface area contributed by atoms with Gasteiger partial charge in [0.05, 0.1) is 6.61 Å². The van der Waals surface area contributed by atoms with Gasteiger partial charge in [0, 0.05) is 34.2 Å². The Balaban J connectivity index is 1.52. The zero-order chi connectivity index (χ0) is 22.5. The summed E-state index contributed by atoms with van der Waals surface area (Å²) in [6.07, 6.45) is 0. The number of ether oxygens (including phenoxy) is 1. The van der Waals surface area contributed by atoms with Gasteiger partial charge < -0.3 is 20.5 Å². The van der Waals surface area contributed by atoms with Crippen LogP contribution in [0.15, 0.2) is 48.5 Å². The Hall–Kier alpha value is -2.61. The Morgan fingerprint density at radius 2 is 1.81 bits per heavy atom. The molecule has 2 aromatic carbocycles. The van der Waals surface area contributed by atoms with Crippen LogP contribution < -0.4 is 10.6 Å². The first kappa shape index (κ1) is 21.6. The molecular formula is C24H30N2O5. The van der Waals surface area contributed by atoms with Gasteiger partial charge in [-0.3, -0.25) is 0 Å². The molecule has 4 rings (SSSR count). The smallest absolute Gasteiger partial charge is 0.319 e. The number of carbonyl (C=O) groups excluding carboxylic acids is 1. The van der Waals surface area contributed by atoms with E-state index in [1.165, 1.54) is 0 Å². The van der Waals surface area contributed by atoms with Gasteiger partial charge in [0.1, 0.15) is 5.75 Å². The van der Waals surface area contributed by atoms with E-state index in [2.05, 4.69) is 45.3 Å². The minimum Gasteiger partial charge on any atom is -0.508 e. The second-order valence-corrected chi connectivity index (χ2v) is 9.90. The number of amides is 2. The molecule has 2 atom stereocenters. The Morgan fingerprint density at radius 3 is 2.39 bits per heavy atom. The highest BCUT2D eigenvalue weighted by Crippen LogP contribution is 2.69. The highest BCUT2D eigenvalue weighted by molar-refractivity contribution is 5.89. The Labute approximate surface area is 182 Å². The third-order valence-corrected chi connectivity index (χ3v) is 6.33. The summed E-state index contributed by atoms with van der Waals surface area (Å²) < 4.78 is 6.19. The third kappa shape index (κ3) is 3.19. The van der Waals surface area contributed by atoms with Crippen molar-refractivity contribution < 1.29 is 24.4 Å². The van der Waals surface area contributed by atoms with E-state index in [4.69, 9.17) is 14.5 Å². The van der Waals surface area contributed by atoms with Crippen LogP contribution in [0.25, 0.3) is 0 Å². The van der Waals surface area contributed by atoms with Crippen LogP contribution in [0.2, 0.25) is 0 Å². The maximum Gasteiger partial charge on any atom is 0.319 e. The van der Waals surface area contributed by atoms with Crippen molar-refractivity contribution in [2.45, 2.75) is 52.6 Å². The molecule has 0 bridgehead atoms. The number of phenolic OH excluding ortho intramolecular Hbond substituents is 1. The maximum absolute atomic E-state index is 12.1. The van der Waals surface area contributed by atoms with E-state index < -0.39 is 11.4 Å². The molecule has 2 unspecified atom stereocenters. The van der Waals surface area contributed by atoms with Gasteiger partial charge in [-0.2, -0.15) is 4.89 Å². The van der Waals surface area contributed by atoms with Crippen molar-refractivity contribution in [1.29, 1.82) is 0 Å². The van der Waals surface area contributed by atoms with E-state index in [0.29, 0.717) is 23.4 Å². The summed E-state index contributed by atoms with van der Waals surface area (Å²) in [5.74, 6) is -1.04. The molecule has 2 aliphatic rings. The topological polar surface area (TPSA) is 89.1 Å².